The first-order valence-corrected chi connectivity index (χ1v) is 12.4. The number of aliphatic carboxylic acids is 1. The van der Waals surface area contributed by atoms with Gasteiger partial charge in [0.2, 0.25) is 0 Å². The van der Waals surface area contributed by atoms with E-state index in [-0.39, 0.29) is 57.1 Å². The maximum Gasteiger partial charge on any atom is 0.306 e. The van der Waals surface area contributed by atoms with Gasteiger partial charge in [0.05, 0.1) is 45.9 Å². The molecule has 0 aromatic carbocycles. The molecule has 3 rings (SSSR count). The average molecular weight is 523 g/mol. The van der Waals surface area contributed by atoms with Gasteiger partial charge in [0.1, 0.15) is 0 Å². The van der Waals surface area contributed by atoms with E-state index in [2.05, 4.69) is 10.1 Å². The molecule has 3 atom stereocenters. The number of amides is 1. The van der Waals surface area contributed by atoms with E-state index < -0.39 is 5.97 Å². The van der Waals surface area contributed by atoms with E-state index in [1.54, 1.807) is 0 Å². The Kier molecular flexibility index (Phi) is 8.27. The van der Waals surface area contributed by atoms with Crippen molar-refractivity contribution in [2.45, 2.75) is 59.9 Å². The number of carboxylic acid groups (broad SMARTS) is 1. The van der Waals surface area contributed by atoms with Gasteiger partial charge in [-0.2, -0.15) is 5.10 Å². The summed E-state index contributed by atoms with van der Waals surface area (Å²) in [6.07, 6.45) is 6.17. The number of nitrogens with zero attached hydrogens (tertiary/aromatic N) is 4. The Morgan fingerprint density at radius 2 is 1.77 bits per heavy atom. The van der Waals surface area contributed by atoms with E-state index in [1.807, 2.05) is 39.3 Å². The minimum Gasteiger partial charge on any atom is -0.481 e. The second-order valence-electron chi connectivity index (χ2n) is 10.6. The second kappa shape index (κ2) is 10.7. The molecule has 10 heteroatoms. The lowest BCUT2D eigenvalue weighted by atomic mass is 9.78. The number of aromatic nitrogens is 3. The van der Waals surface area contributed by atoms with E-state index in [0.29, 0.717) is 37.1 Å². The number of ketones is 1. The number of halogens is 2. The third-order valence-electron chi connectivity index (χ3n) is 6.50. The maximum absolute atomic E-state index is 13.6. The molecule has 0 spiro atoms. The van der Waals surface area contributed by atoms with Crippen LogP contribution in [0.3, 0.4) is 0 Å². The minimum atomic E-state index is -0.763. The summed E-state index contributed by atoms with van der Waals surface area (Å²) < 4.78 is 1.83. The zero-order valence-corrected chi connectivity index (χ0v) is 22.2. The Hall–Kier alpha value is -2.45. The Balaban J connectivity index is 1.85. The normalized spacial score (nSPS) is 20.5. The maximum atomic E-state index is 13.6. The smallest absolute Gasteiger partial charge is 0.306 e. The molecule has 2 aromatic rings. The van der Waals surface area contributed by atoms with Crippen LogP contribution >= 0.6 is 23.2 Å². The number of carbonyl (C=O) groups excluding carboxylic acids is 2. The largest absolute Gasteiger partial charge is 0.481 e. The predicted octanol–water partition coefficient (Wildman–Crippen LogP) is 5.33. The molecule has 1 fully saturated rings. The summed E-state index contributed by atoms with van der Waals surface area (Å²) in [5, 5.41) is 14.2. The fraction of sp³-hybridized carbons (Fsp3) is 0.560. The van der Waals surface area contributed by atoms with Gasteiger partial charge in [-0.15, -0.1) is 0 Å². The zero-order chi connectivity index (χ0) is 26.1. The molecule has 2 aromatic heterocycles. The summed E-state index contributed by atoms with van der Waals surface area (Å²) in [6.45, 7) is 9.89. The number of Topliss-reactive ketones (excluding diaryl/α,β-unsaturated/α-hetero) is 1. The summed E-state index contributed by atoms with van der Waals surface area (Å²) >= 11 is 12.3. The van der Waals surface area contributed by atoms with Crippen molar-refractivity contribution < 1.29 is 19.5 Å². The van der Waals surface area contributed by atoms with Crippen LogP contribution in [0.2, 0.25) is 10.0 Å². The molecular weight excluding hydrogens is 491 g/mol. The van der Waals surface area contributed by atoms with Gasteiger partial charge in [0.15, 0.2) is 5.78 Å². The molecule has 190 valence electrons. The van der Waals surface area contributed by atoms with Crippen LogP contribution in [0.1, 0.15) is 79.4 Å². The predicted molar refractivity (Wildman–Crippen MR) is 134 cm³/mol. The number of rotatable bonds is 7. The van der Waals surface area contributed by atoms with Crippen LogP contribution in [0.4, 0.5) is 0 Å². The van der Waals surface area contributed by atoms with Gasteiger partial charge >= 0.3 is 5.97 Å². The highest BCUT2D eigenvalue weighted by molar-refractivity contribution is 6.39. The lowest BCUT2D eigenvalue weighted by molar-refractivity contribution is -0.145. The van der Waals surface area contributed by atoms with E-state index in [1.165, 1.54) is 23.5 Å². The molecule has 1 aliphatic carbocycles. The molecule has 1 amide bonds. The quantitative estimate of drug-likeness (QED) is 0.492. The standard InChI is InChI=1S/C25H32Cl2N4O4/c1-14-8-16(6-7-17(14)24(34)35)31-15(2)18(9-29-31)23(33)30(13-25(3,4)5)12-21(32)22-19(26)10-28-11-20(22)27/h9-11,14,16-17H,6-8,12-13H2,1-5H3,(H,34,35)/t14-,16-,17-/m0/s1. The Morgan fingerprint density at radius 1 is 1.14 bits per heavy atom. The van der Waals surface area contributed by atoms with Gasteiger partial charge in [0.25, 0.3) is 5.91 Å². The molecule has 35 heavy (non-hydrogen) atoms. The summed E-state index contributed by atoms with van der Waals surface area (Å²) in [4.78, 5) is 43.6. The van der Waals surface area contributed by atoms with Gasteiger partial charge in [-0.25, -0.2) is 0 Å². The van der Waals surface area contributed by atoms with E-state index >= 15 is 0 Å². The molecule has 2 heterocycles. The van der Waals surface area contributed by atoms with Crippen molar-refractivity contribution in [3.63, 3.8) is 0 Å². The second-order valence-corrected chi connectivity index (χ2v) is 11.4. The third kappa shape index (κ3) is 6.22. The van der Waals surface area contributed by atoms with Crippen LogP contribution in [0, 0.1) is 24.2 Å². The monoisotopic (exact) mass is 522 g/mol. The summed E-state index contributed by atoms with van der Waals surface area (Å²) in [7, 11) is 0. The van der Waals surface area contributed by atoms with Crippen molar-refractivity contribution in [3.8, 4) is 0 Å². The molecule has 0 bridgehead atoms. The average Bonchev–Trinajstić information content (AvgIpc) is 3.12. The molecular formula is C25H32Cl2N4O4. The molecule has 0 unspecified atom stereocenters. The molecule has 0 aliphatic heterocycles. The van der Waals surface area contributed by atoms with E-state index in [4.69, 9.17) is 23.2 Å². The summed E-state index contributed by atoms with van der Waals surface area (Å²) in [5.74, 6) is -1.78. The van der Waals surface area contributed by atoms with Crippen LogP contribution in [-0.4, -0.2) is 55.5 Å². The summed E-state index contributed by atoms with van der Waals surface area (Å²) in [5.41, 5.74) is 0.997. The SMILES string of the molecule is Cc1c(C(=O)N(CC(=O)c2c(Cl)cncc2Cl)CC(C)(C)C)cnn1[C@H]1CC[C@H](C(=O)O)[C@@H](C)C1. The van der Waals surface area contributed by atoms with Crippen molar-refractivity contribution >= 4 is 40.9 Å². The fourth-order valence-electron chi connectivity index (χ4n) is 4.83. The Labute approximate surface area is 215 Å². The Morgan fingerprint density at radius 3 is 2.31 bits per heavy atom. The molecule has 0 saturated heterocycles. The van der Waals surface area contributed by atoms with Crippen LogP contribution in [0.25, 0.3) is 0 Å². The van der Waals surface area contributed by atoms with Gasteiger partial charge < -0.3 is 10.0 Å². The van der Waals surface area contributed by atoms with E-state index in [0.717, 1.165) is 0 Å². The van der Waals surface area contributed by atoms with E-state index in [9.17, 15) is 19.5 Å². The number of hydrogen-bond acceptors (Lipinski definition) is 5. The van der Waals surface area contributed by atoms with Crippen LogP contribution in [0.15, 0.2) is 18.6 Å². The topological polar surface area (TPSA) is 105 Å². The highest BCUT2D eigenvalue weighted by atomic mass is 35.5. The number of carbonyl (C=O) groups is 3. The highest BCUT2D eigenvalue weighted by Gasteiger charge is 2.35. The van der Waals surface area contributed by atoms with Crippen molar-refractivity contribution in [2.75, 3.05) is 13.1 Å². The van der Waals surface area contributed by atoms with Crippen LogP contribution in [0.5, 0.6) is 0 Å². The molecule has 1 saturated carbocycles. The van der Waals surface area contributed by atoms with Gasteiger partial charge in [-0.3, -0.25) is 24.0 Å². The van der Waals surface area contributed by atoms with Crippen molar-refractivity contribution in [1.82, 2.24) is 19.7 Å². The fourth-order valence-corrected chi connectivity index (χ4v) is 5.41. The lowest BCUT2D eigenvalue weighted by Gasteiger charge is -2.32. The van der Waals surface area contributed by atoms with Gasteiger partial charge in [-0.1, -0.05) is 50.9 Å². The van der Waals surface area contributed by atoms with Crippen LogP contribution in [-0.2, 0) is 4.79 Å². The molecule has 1 aliphatic rings. The molecule has 8 nitrogen and oxygen atoms in total. The number of carboxylic acids is 1. The Bertz CT molecular complexity index is 1100. The van der Waals surface area contributed by atoms with Crippen LogP contribution < -0.4 is 0 Å². The van der Waals surface area contributed by atoms with Gasteiger partial charge in [0, 0.05) is 24.6 Å². The van der Waals surface area contributed by atoms with Crippen molar-refractivity contribution in [2.24, 2.45) is 17.3 Å². The van der Waals surface area contributed by atoms with Gasteiger partial charge in [-0.05, 0) is 37.5 Å². The van der Waals surface area contributed by atoms with Crippen molar-refractivity contribution in [1.29, 1.82) is 0 Å². The molecule has 0 radical (unpaired) electrons. The van der Waals surface area contributed by atoms with Crippen molar-refractivity contribution in [3.05, 3.63) is 45.5 Å². The number of pyridine rings is 1. The highest BCUT2D eigenvalue weighted by Crippen LogP contribution is 2.37. The lowest BCUT2D eigenvalue weighted by Crippen LogP contribution is -2.41. The summed E-state index contributed by atoms with van der Waals surface area (Å²) in [6, 6.07) is 0.0225. The minimum absolute atomic E-state index is 0.0128. The first kappa shape index (κ1) is 27.1. The molecule has 1 N–H and O–H groups in total. The third-order valence-corrected chi connectivity index (χ3v) is 7.07. The number of hydrogen-bond donors (Lipinski definition) is 1. The zero-order valence-electron chi connectivity index (χ0n) is 20.7. The first-order chi connectivity index (χ1) is 16.3. The first-order valence-electron chi connectivity index (χ1n) is 11.7.